The van der Waals surface area contributed by atoms with Crippen molar-refractivity contribution in [2.45, 2.75) is 4.90 Å². The molecule has 0 aliphatic carbocycles. The van der Waals surface area contributed by atoms with Crippen LogP contribution in [0.25, 0.3) is 0 Å². The fourth-order valence-electron chi connectivity index (χ4n) is 4.82. The number of nitrogens with one attached hydrogen (secondary N) is 1. The van der Waals surface area contributed by atoms with Crippen LogP contribution in [0.2, 0.25) is 0 Å². The molecule has 0 unspecified atom stereocenters. The van der Waals surface area contributed by atoms with Gasteiger partial charge in [-0.3, -0.25) is 4.72 Å². The van der Waals surface area contributed by atoms with Gasteiger partial charge in [-0.1, -0.05) is 42.5 Å². The molecule has 0 radical (unpaired) electrons. The van der Waals surface area contributed by atoms with E-state index in [2.05, 4.69) is 4.72 Å². The van der Waals surface area contributed by atoms with Gasteiger partial charge in [0.25, 0.3) is 10.0 Å². The summed E-state index contributed by atoms with van der Waals surface area (Å²) in [6.45, 7) is 0. The van der Waals surface area contributed by atoms with Crippen LogP contribution < -0.4 is 24.3 Å². The van der Waals surface area contributed by atoms with Crippen LogP contribution in [0.4, 0.5) is 52.0 Å². The number of hydrogen-bond acceptors (Lipinski definition) is 9. The first-order valence-electron chi connectivity index (χ1n) is 13.3. The third-order valence-electron chi connectivity index (χ3n) is 7.25. The van der Waals surface area contributed by atoms with Crippen LogP contribution >= 0.6 is 0 Å². The van der Waals surface area contributed by atoms with E-state index in [0.717, 1.165) is 0 Å². The zero-order valence-electron chi connectivity index (χ0n) is 23.7. The Morgan fingerprint density at radius 1 is 0.476 bits per heavy atom. The molecule has 2 aromatic carbocycles. The molecule has 212 valence electrons. The summed E-state index contributed by atoms with van der Waals surface area (Å²) in [5.41, 5.74) is 1.63. The van der Waals surface area contributed by atoms with Crippen LogP contribution in [-0.4, -0.2) is 51.6 Å². The molecule has 0 atom stereocenters. The fourth-order valence-corrected chi connectivity index (χ4v) is 5.93. The molecule has 10 nitrogen and oxygen atoms in total. The molecule has 6 rings (SSSR count). The second-order valence-corrected chi connectivity index (χ2v) is 11.6. The number of rotatable bonds is 3. The van der Waals surface area contributed by atoms with Crippen molar-refractivity contribution in [3.05, 3.63) is 103 Å². The van der Waals surface area contributed by atoms with E-state index in [9.17, 15) is 8.42 Å². The number of aromatic nitrogens is 3. The molecule has 42 heavy (non-hydrogen) atoms. The standard InChI is InChI=1S/C31H30N8O2S/c1-36-23-14-8-15-24(31(23)35-42(40,41)22-12-6-5-7-13-22)37(2)26-17-10-19-28(33-26)39(4)30-21-11-20-29(34-30)38(3)27-18-9-16-25(36)32-27/h5-21,35H,1-4H3. The zero-order valence-corrected chi connectivity index (χ0v) is 24.5. The third-order valence-corrected chi connectivity index (χ3v) is 8.62. The Bertz CT molecular complexity index is 1770. The molecule has 0 saturated carbocycles. The van der Waals surface area contributed by atoms with Crippen LogP contribution in [0.5, 0.6) is 0 Å². The van der Waals surface area contributed by atoms with Crippen LogP contribution in [0.1, 0.15) is 0 Å². The normalized spacial score (nSPS) is 13.2. The van der Waals surface area contributed by atoms with Crippen molar-refractivity contribution in [2.75, 3.05) is 52.5 Å². The van der Waals surface area contributed by atoms with Gasteiger partial charge in [0.15, 0.2) is 0 Å². The number of hydrogen-bond donors (Lipinski definition) is 1. The van der Waals surface area contributed by atoms with Gasteiger partial charge in [0.05, 0.1) is 22.0 Å². The Balaban J connectivity index is 1.58. The predicted molar refractivity (Wildman–Crippen MR) is 169 cm³/mol. The number of para-hydroxylation sites is 1. The van der Waals surface area contributed by atoms with Crippen LogP contribution in [0, 0.1) is 0 Å². The quantitative estimate of drug-likeness (QED) is 0.274. The Kier molecular flexibility index (Phi) is 6.87. The van der Waals surface area contributed by atoms with Crippen molar-refractivity contribution in [3.8, 4) is 0 Å². The summed E-state index contributed by atoms with van der Waals surface area (Å²) in [7, 11) is 3.62. The monoisotopic (exact) mass is 578 g/mol. The lowest BCUT2D eigenvalue weighted by Gasteiger charge is -2.29. The second-order valence-electron chi connectivity index (χ2n) is 9.89. The van der Waals surface area contributed by atoms with Crippen molar-refractivity contribution in [3.63, 3.8) is 0 Å². The molecule has 1 N–H and O–H groups in total. The van der Waals surface area contributed by atoms with Gasteiger partial charge in [-0.15, -0.1) is 0 Å². The number of fused-ring (bicyclic) bond motifs is 8. The van der Waals surface area contributed by atoms with E-state index in [-0.39, 0.29) is 4.90 Å². The Morgan fingerprint density at radius 2 is 0.833 bits per heavy atom. The highest BCUT2D eigenvalue weighted by atomic mass is 32.2. The molecule has 8 bridgehead atoms. The average Bonchev–Trinajstić information content (AvgIpc) is 3.03. The first kappa shape index (κ1) is 27.0. The summed E-state index contributed by atoms with van der Waals surface area (Å²) >= 11 is 0. The number of sulfonamides is 1. The number of pyridine rings is 3. The first-order chi connectivity index (χ1) is 20.2. The second kappa shape index (κ2) is 10.7. The highest BCUT2D eigenvalue weighted by Crippen LogP contribution is 2.41. The minimum atomic E-state index is -3.93. The minimum Gasteiger partial charge on any atom is -0.328 e. The van der Waals surface area contributed by atoms with E-state index < -0.39 is 10.0 Å². The molecule has 11 heteroatoms. The van der Waals surface area contributed by atoms with Crippen molar-refractivity contribution in [1.29, 1.82) is 0 Å². The minimum absolute atomic E-state index is 0.162. The highest BCUT2D eigenvalue weighted by Gasteiger charge is 2.24. The molecule has 0 saturated heterocycles. The summed E-state index contributed by atoms with van der Waals surface area (Å²) in [6.07, 6.45) is 0. The lowest BCUT2D eigenvalue weighted by atomic mass is 10.2. The van der Waals surface area contributed by atoms with E-state index in [1.165, 1.54) is 0 Å². The van der Waals surface area contributed by atoms with Crippen molar-refractivity contribution < 1.29 is 8.42 Å². The Morgan fingerprint density at radius 3 is 1.24 bits per heavy atom. The van der Waals surface area contributed by atoms with Gasteiger partial charge in [-0.25, -0.2) is 23.4 Å². The highest BCUT2D eigenvalue weighted by molar-refractivity contribution is 7.92. The maximum Gasteiger partial charge on any atom is 0.262 e. The maximum absolute atomic E-state index is 13.7. The van der Waals surface area contributed by atoms with Gasteiger partial charge in [-0.2, -0.15) is 0 Å². The fraction of sp³-hybridized carbons (Fsp3) is 0.129. The van der Waals surface area contributed by atoms with E-state index in [1.54, 1.807) is 30.3 Å². The average molecular weight is 579 g/mol. The lowest BCUT2D eigenvalue weighted by Crippen LogP contribution is -2.23. The lowest BCUT2D eigenvalue weighted by molar-refractivity contribution is 0.601. The SMILES string of the molecule is CN1c2cccc(n2)N(C)c2cccc(n2)N(C)c2cccc(c2NS(=O)(=O)c2ccccc2)N(C)c2cccc1n2. The molecule has 1 aliphatic heterocycles. The smallest absolute Gasteiger partial charge is 0.262 e. The molecule has 0 amide bonds. The summed E-state index contributed by atoms with van der Waals surface area (Å²) in [6, 6.07) is 31.2. The molecular weight excluding hydrogens is 548 g/mol. The first-order valence-corrected chi connectivity index (χ1v) is 14.8. The number of benzene rings is 2. The van der Waals surface area contributed by atoms with Gasteiger partial charge < -0.3 is 19.6 Å². The number of nitrogens with zero attached hydrogens (tertiary/aromatic N) is 7. The molecular formula is C31H30N8O2S. The molecule has 5 aromatic rings. The maximum atomic E-state index is 13.7. The summed E-state index contributed by atoms with van der Waals surface area (Å²) < 4.78 is 30.2. The van der Waals surface area contributed by atoms with E-state index in [4.69, 9.17) is 15.0 Å². The predicted octanol–water partition coefficient (Wildman–Crippen LogP) is 6.06. The van der Waals surface area contributed by atoms with Gasteiger partial charge in [0, 0.05) is 28.2 Å². The summed E-state index contributed by atoms with van der Waals surface area (Å²) in [4.78, 5) is 22.4. The van der Waals surface area contributed by atoms with E-state index in [1.807, 2.05) is 121 Å². The summed E-state index contributed by atoms with van der Waals surface area (Å²) in [5, 5.41) is 0. The zero-order chi connectivity index (χ0) is 29.4. The largest absolute Gasteiger partial charge is 0.328 e. The number of anilines is 9. The molecule has 0 spiro atoms. The molecule has 0 fully saturated rings. The van der Waals surface area contributed by atoms with Crippen molar-refractivity contribution >= 4 is 62.0 Å². The van der Waals surface area contributed by atoms with Crippen molar-refractivity contribution in [1.82, 2.24) is 15.0 Å². The molecule has 1 aliphatic rings. The Hall–Kier alpha value is -5.16. The topological polar surface area (TPSA) is 97.8 Å². The van der Waals surface area contributed by atoms with Crippen LogP contribution in [-0.2, 0) is 10.0 Å². The Labute approximate surface area is 245 Å². The van der Waals surface area contributed by atoms with Gasteiger partial charge in [0.1, 0.15) is 34.9 Å². The molecule has 4 heterocycles. The van der Waals surface area contributed by atoms with Crippen LogP contribution in [0.15, 0.2) is 108 Å². The van der Waals surface area contributed by atoms with Gasteiger partial charge in [0.2, 0.25) is 0 Å². The van der Waals surface area contributed by atoms with Crippen LogP contribution in [0.3, 0.4) is 0 Å². The van der Waals surface area contributed by atoms with E-state index in [0.29, 0.717) is 52.0 Å². The molecule has 3 aromatic heterocycles. The van der Waals surface area contributed by atoms with Gasteiger partial charge >= 0.3 is 0 Å². The van der Waals surface area contributed by atoms with Crippen molar-refractivity contribution in [2.24, 2.45) is 0 Å². The van der Waals surface area contributed by atoms with E-state index >= 15 is 0 Å². The summed E-state index contributed by atoms with van der Waals surface area (Å²) in [5.74, 6) is 4.03. The van der Waals surface area contributed by atoms with Gasteiger partial charge in [-0.05, 0) is 60.7 Å². The third kappa shape index (κ3) is 4.94.